The molecule has 4 heteroatoms. The van der Waals surface area contributed by atoms with Gasteiger partial charge in [0.05, 0.1) is 0 Å². The first-order valence-corrected chi connectivity index (χ1v) is 2.96. The Kier molecular flexibility index (Phi) is 48.8. The second-order valence-corrected chi connectivity index (χ2v) is 0. The molecule has 0 aliphatic rings. The summed E-state index contributed by atoms with van der Waals surface area (Å²) in [4.78, 5) is 0. The summed E-state index contributed by atoms with van der Waals surface area (Å²) < 4.78 is 16.8. The summed E-state index contributed by atoms with van der Waals surface area (Å²) in [5.41, 5.74) is 0. The van der Waals surface area contributed by atoms with Gasteiger partial charge in [0.25, 0.3) is 0 Å². The minimum absolute atomic E-state index is 0.0833. The number of hydrogen-bond donors (Lipinski definition) is 0. The van der Waals surface area contributed by atoms with Gasteiger partial charge < -0.3 is 0 Å². The molecule has 0 radical (unpaired) electrons. The van der Waals surface area contributed by atoms with E-state index in [-0.39, 0.29) is 39.3 Å². The number of hydrogen-bond acceptors (Lipinski definition) is 2. The second kappa shape index (κ2) is 21.0. The van der Waals surface area contributed by atoms with Crippen LogP contribution in [0.3, 0.4) is 0 Å². The molecule has 0 heterocycles. The van der Waals surface area contributed by atoms with Gasteiger partial charge in [0.15, 0.2) is 0 Å². The summed E-state index contributed by atoms with van der Waals surface area (Å²) in [6.45, 7) is 0. The van der Waals surface area contributed by atoms with Gasteiger partial charge in [0.1, 0.15) is 0 Å². The van der Waals surface area contributed by atoms with Crippen molar-refractivity contribution in [2.24, 2.45) is 0 Å². The van der Waals surface area contributed by atoms with Crippen LogP contribution in [0.5, 0.6) is 0 Å². The van der Waals surface area contributed by atoms with Crippen LogP contribution in [0, 0.1) is 39.3 Å². The van der Waals surface area contributed by atoms with E-state index < -0.39 is 0 Å². The van der Waals surface area contributed by atoms with Gasteiger partial charge in [-0.25, -0.2) is 0 Å². The Hall–Kier alpha value is 1.85. The molecular weight excluding hydrogens is 264 g/mol. The quantitative estimate of drug-likeness (QED) is 0.605. The molecule has 0 saturated carbocycles. The zero-order chi connectivity index (χ0) is 4.00. The van der Waals surface area contributed by atoms with Crippen molar-refractivity contribution >= 4 is 0 Å². The molecule has 0 bridgehead atoms. The van der Waals surface area contributed by atoms with Gasteiger partial charge in [0.2, 0.25) is 0 Å². The Morgan fingerprint density at radius 2 is 1.25 bits per heavy atom. The molecule has 0 atom stereocenters. The Morgan fingerprint density at radius 3 is 1.25 bits per heavy atom. The van der Waals surface area contributed by atoms with Gasteiger partial charge in [0, 0.05) is 0 Å². The molecule has 2 nitrogen and oxygen atoms in total. The first kappa shape index (κ1) is 9.28. The van der Waals surface area contributed by atoms with E-state index in [1.807, 2.05) is 0 Å². The molecular formula is O2PrZr. The molecule has 0 saturated heterocycles. The van der Waals surface area contributed by atoms with E-state index in [4.69, 9.17) is 3.81 Å². The van der Waals surface area contributed by atoms with Gasteiger partial charge in [-0.2, -0.15) is 0 Å². The predicted octanol–water partition coefficient (Wildman–Crippen LogP) is -0.240. The van der Waals surface area contributed by atoms with Crippen LogP contribution in [0.2, 0.25) is 0 Å². The van der Waals surface area contributed by atoms with Crippen molar-refractivity contribution in [2.45, 2.75) is 0 Å². The van der Waals surface area contributed by atoms with Crippen LogP contribution in [0.25, 0.3) is 0 Å². The second-order valence-electron chi connectivity index (χ2n) is 0. The summed E-state index contributed by atoms with van der Waals surface area (Å²) in [7, 11) is 0. The van der Waals surface area contributed by atoms with E-state index in [0.717, 1.165) is 0 Å². The first-order chi connectivity index (χ1) is 2.00. The van der Waals surface area contributed by atoms with Crippen LogP contribution < -0.4 is 0 Å². The fourth-order valence-corrected chi connectivity index (χ4v) is 0. The third-order valence-electron chi connectivity index (χ3n) is 0. The van der Waals surface area contributed by atoms with E-state index in [9.17, 15) is 0 Å². The Bertz CT molecular complexity index is 8.00. The Morgan fingerprint density at radius 1 is 1.25 bits per heavy atom. The maximum atomic E-state index is 8.42. The van der Waals surface area contributed by atoms with Crippen molar-refractivity contribution in [1.29, 1.82) is 0 Å². The summed E-state index contributed by atoms with van der Waals surface area (Å²) >= 11 is 0.217. The zero-order valence-electron chi connectivity index (χ0n) is 1.89. The molecule has 0 aromatic carbocycles. The number of rotatable bonds is 0. The molecule has 0 aromatic rings. The molecule has 0 aliphatic carbocycles. The van der Waals surface area contributed by atoms with Crippen LogP contribution in [-0.2, 0) is 28.5 Å². The zero-order valence-corrected chi connectivity index (χ0v) is 8.06. The molecule has 0 aliphatic heterocycles. The SMILES string of the molecule is [O]=[Pr].[O]=[Zr]. The van der Waals surface area contributed by atoms with E-state index in [1.165, 1.54) is 0 Å². The normalized spacial score (nSPS) is 2.25. The molecule has 0 N–H and O–H groups in total. The van der Waals surface area contributed by atoms with Crippen LogP contribution in [0.1, 0.15) is 0 Å². The van der Waals surface area contributed by atoms with Crippen LogP contribution in [-0.4, -0.2) is 0 Å². The molecule has 0 rings (SSSR count). The molecule has 4 heavy (non-hydrogen) atoms. The summed E-state index contributed by atoms with van der Waals surface area (Å²) in [5.74, 6) is 0. The van der Waals surface area contributed by atoms with E-state index in [1.54, 1.807) is 0 Å². The minimum atomic E-state index is -0.0833. The first-order valence-electron chi connectivity index (χ1n) is 0.440. The van der Waals surface area contributed by atoms with Crippen molar-refractivity contribution in [2.75, 3.05) is 0 Å². The van der Waals surface area contributed by atoms with Crippen molar-refractivity contribution in [3.05, 3.63) is 0 Å². The van der Waals surface area contributed by atoms with E-state index in [0.29, 0.717) is 24.7 Å². The third-order valence-corrected chi connectivity index (χ3v) is 0. The third kappa shape index (κ3) is 9.14. The van der Waals surface area contributed by atoms with Gasteiger partial charge in [-0.05, 0) is 0 Å². The van der Waals surface area contributed by atoms with Crippen molar-refractivity contribution in [3.63, 3.8) is 0 Å². The maximum absolute atomic E-state index is 8.42. The fraction of sp³-hybridized carbons (Fsp3) is 0. The van der Waals surface area contributed by atoms with Crippen molar-refractivity contribution < 1.29 is 67.9 Å². The summed E-state index contributed by atoms with van der Waals surface area (Å²) in [6, 6.07) is 0. The predicted molar refractivity (Wildman–Crippen MR) is 1.37 cm³/mol. The van der Waals surface area contributed by atoms with E-state index >= 15 is 0 Å². The van der Waals surface area contributed by atoms with E-state index in [2.05, 4.69) is 0 Å². The average molecular weight is 264 g/mol. The molecule has 0 unspecified atom stereocenters. The Balaban J connectivity index is 0. The monoisotopic (exact) mass is 263 g/mol. The van der Waals surface area contributed by atoms with Crippen molar-refractivity contribution in [1.82, 2.24) is 0 Å². The standard InChI is InChI=1S/2O.Pr.Zr. The average Bonchev–Trinajstić information content (AvgIpc) is 1.50. The molecule has 0 amide bonds. The fourth-order valence-electron chi connectivity index (χ4n) is 0. The van der Waals surface area contributed by atoms with Crippen molar-refractivity contribution in [3.8, 4) is 0 Å². The topological polar surface area (TPSA) is 34.1 Å². The van der Waals surface area contributed by atoms with Crippen LogP contribution >= 0.6 is 0 Å². The molecule has 0 aromatic heterocycles. The van der Waals surface area contributed by atoms with Gasteiger partial charge >= 0.3 is 67.9 Å². The van der Waals surface area contributed by atoms with Crippen LogP contribution in [0.15, 0.2) is 0 Å². The summed E-state index contributed by atoms with van der Waals surface area (Å²) in [5, 5.41) is 0. The van der Waals surface area contributed by atoms with Gasteiger partial charge in [-0.1, -0.05) is 0 Å². The molecule has 0 fully saturated rings. The molecule has 0 spiro atoms. The van der Waals surface area contributed by atoms with Crippen LogP contribution in [0.4, 0.5) is 0 Å². The molecule has 19 valence electrons. The van der Waals surface area contributed by atoms with Gasteiger partial charge in [-0.3, -0.25) is 0 Å². The Labute approximate surface area is 66.4 Å². The summed E-state index contributed by atoms with van der Waals surface area (Å²) in [6.07, 6.45) is 0. The van der Waals surface area contributed by atoms with Gasteiger partial charge in [-0.15, -0.1) is 0 Å².